The Labute approximate surface area is 488 Å². The Morgan fingerprint density at radius 3 is 0.313 bits per heavy atom. The zero-order valence-corrected chi connectivity index (χ0v) is 65.3. The summed E-state index contributed by atoms with van der Waals surface area (Å²) in [6, 6.07) is 0. The molecule has 9 heteroatoms. The minimum absolute atomic E-state index is 0.833. The Kier molecular flexibility index (Phi) is 105. The van der Waals surface area contributed by atoms with Crippen LogP contribution in [-0.2, 0) is 0 Å². The van der Waals surface area contributed by atoms with Gasteiger partial charge in [-0.25, -0.2) is 0 Å². The first-order valence-corrected chi connectivity index (χ1v) is 49.6. The second kappa shape index (κ2) is 82.0. The SMILES string of the molecule is C1CC[Se]C1.C1CC[Se]C1.C1CC[Se]CC1.C1CC[Se]CC1.C1CC[Se]CC1.C1C[Se]CC[Se]1.C1C[Se]C[Se]1.CC(C)C.CC(C)C.CC(C)C.CC(C)C.CC(C)C.CC(C)C.CC(C)C. The molecule has 7 aliphatic rings. The van der Waals surface area contributed by atoms with E-state index in [0.717, 1.165) is 176 Å². The smallest absolute Gasteiger partial charge is 0.0500 e. The molecule has 0 spiro atoms. The standard InChI is InChI=1S/3C5H10Se.C4H8Se2.2C4H8Se.7C4H10.C3H6Se2/c3*1-2-4-6-5-3-1;1-2-6-4-3-5-1;2*1-2-4-5-3-1;7*1-4(2)3;1-2-5-3-4-1/h3*1-5H2;1-4H2;2*1-4H2;7*4H,1-3H3;1-3H2. The van der Waals surface area contributed by atoms with E-state index in [1.165, 1.54) is 83.5 Å². The van der Waals surface area contributed by atoms with Crippen molar-refractivity contribution < 1.29 is 0 Å². The van der Waals surface area contributed by atoms with E-state index in [9.17, 15) is 0 Å². The van der Waals surface area contributed by atoms with Crippen molar-refractivity contribution in [2.75, 3.05) is 0 Å². The number of hydrogen-bond donors (Lipinski definition) is 0. The third-order valence-electron chi connectivity index (χ3n) is 6.17. The minimum atomic E-state index is 0.833. The molecule has 7 aliphatic heterocycles. The van der Waals surface area contributed by atoms with Gasteiger partial charge in [0.1, 0.15) is 0 Å². The molecular weight excluding hydrogens is 1410 g/mol. The van der Waals surface area contributed by atoms with Gasteiger partial charge >= 0.3 is 307 Å². The Morgan fingerprint density at radius 1 is 0.149 bits per heavy atom. The molecule has 0 unspecified atom stereocenters. The largest absolute Gasteiger partial charge is 0.0630 e. The molecule has 0 atom stereocenters. The minimum Gasteiger partial charge on any atom is -0.0630 e. The zero-order chi connectivity index (χ0) is 52.6. The van der Waals surface area contributed by atoms with Gasteiger partial charge in [-0.1, -0.05) is 145 Å². The van der Waals surface area contributed by atoms with E-state index in [1.807, 2.05) is 0 Å². The van der Waals surface area contributed by atoms with Gasteiger partial charge in [0.2, 0.25) is 0 Å². The predicted molar refractivity (Wildman–Crippen MR) is 337 cm³/mol. The van der Waals surface area contributed by atoms with E-state index in [2.05, 4.69) is 145 Å². The van der Waals surface area contributed by atoms with Crippen molar-refractivity contribution in [3.8, 4) is 0 Å². The second-order valence-corrected chi connectivity index (χ2v) is 46.4. The molecule has 0 aromatic rings. The Morgan fingerprint density at radius 2 is 0.254 bits per heavy atom. The molecule has 7 rings (SSSR count). The van der Waals surface area contributed by atoms with Crippen LogP contribution in [0.1, 0.15) is 229 Å². The molecule has 7 fully saturated rings. The Bertz CT molecular complexity index is 486. The number of hydrogen-bond acceptors (Lipinski definition) is 0. The Balaban J connectivity index is -0.000000116. The molecular formula is C58H130Se9. The van der Waals surface area contributed by atoms with Gasteiger partial charge in [0.05, 0.1) is 0 Å². The maximum Gasteiger partial charge on any atom is -0.0500 e. The Hall–Kier alpha value is 4.68. The summed E-state index contributed by atoms with van der Waals surface area (Å²) in [5.41, 5.74) is 0. The molecule has 0 aromatic carbocycles. The summed E-state index contributed by atoms with van der Waals surface area (Å²) in [7, 11) is 0. The average molecular weight is 1540 g/mol. The summed E-state index contributed by atoms with van der Waals surface area (Å²) in [5, 5.41) is 25.2. The second-order valence-electron chi connectivity index (χ2n) is 21.9. The monoisotopic (exact) mass is 1550 g/mol. The van der Waals surface area contributed by atoms with Crippen LogP contribution in [0.15, 0.2) is 0 Å². The molecule has 0 nitrogen and oxygen atoms in total. The molecule has 0 aliphatic carbocycles. The maximum atomic E-state index is 2.17. The fraction of sp³-hybridized carbons (Fsp3) is 1.00. The van der Waals surface area contributed by atoms with Crippen LogP contribution in [0.25, 0.3) is 0 Å². The van der Waals surface area contributed by atoms with E-state index in [1.54, 1.807) is 89.3 Å². The fourth-order valence-corrected chi connectivity index (χ4v) is 29.2. The van der Waals surface area contributed by atoms with E-state index in [-0.39, 0.29) is 0 Å². The molecule has 0 saturated carbocycles. The van der Waals surface area contributed by atoms with E-state index in [4.69, 9.17) is 0 Å². The van der Waals surface area contributed by atoms with Gasteiger partial charge in [0.15, 0.2) is 0 Å². The van der Waals surface area contributed by atoms with Crippen molar-refractivity contribution in [3.63, 3.8) is 0 Å². The van der Waals surface area contributed by atoms with E-state index in [0.29, 0.717) is 0 Å². The van der Waals surface area contributed by atoms with Gasteiger partial charge in [-0.05, 0) is 41.4 Å². The maximum absolute atomic E-state index is 2.17. The van der Waals surface area contributed by atoms with Crippen molar-refractivity contribution >= 4 is 135 Å². The first-order valence-electron chi connectivity index (χ1n) is 27.8. The summed E-state index contributed by atoms with van der Waals surface area (Å²) < 4.78 is 1.62. The zero-order valence-electron chi connectivity index (χ0n) is 49.9. The van der Waals surface area contributed by atoms with Crippen molar-refractivity contribution in [1.29, 1.82) is 0 Å². The first kappa shape index (κ1) is 85.6. The molecule has 0 bridgehead atoms. The summed E-state index contributed by atoms with van der Waals surface area (Å²) in [4.78, 5) is 0. The van der Waals surface area contributed by atoms with E-state index >= 15 is 0 Å². The van der Waals surface area contributed by atoms with Crippen LogP contribution >= 0.6 is 0 Å². The van der Waals surface area contributed by atoms with E-state index < -0.39 is 0 Å². The van der Waals surface area contributed by atoms with Crippen LogP contribution in [0.2, 0.25) is 89.3 Å². The molecule has 0 aromatic heterocycles. The number of rotatable bonds is 0. The van der Waals surface area contributed by atoms with Gasteiger partial charge in [-0.2, -0.15) is 0 Å². The third kappa shape index (κ3) is 175. The van der Waals surface area contributed by atoms with Crippen LogP contribution in [0.4, 0.5) is 0 Å². The molecule has 0 N–H and O–H groups in total. The van der Waals surface area contributed by atoms with Crippen molar-refractivity contribution in [1.82, 2.24) is 0 Å². The van der Waals surface area contributed by atoms with Crippen LogP contribution in [0.5, 0.6) is 0 Å². The predicted octanol–water partition coefficient (Wildman–Crippen LogP) is 21.1. The third-order valence-corrected chi connectivity index (χ3v) is 32.7. The van der Waals surface area contributed by atoms with Crippen molar-refractivity contribution in [3.05, 3.63) is 0 Å². The molecule has 416 valence electrons. The van der Waals surface area contributed by atoms with Gasteiger partial charge in [-0.15, -0.1) is 0 Å². The normalized spacial score (nSPS) is 17.7. The molecule has 0 amide bonds. The first-order chi connectivity index (χ1) is 31.6. The van der Waals surface area contributed by atoms with Crippen LogP contribution in [-0.4, -0.2) is 135 Å². The molecule has 67 heavy (non-hydrogen) atoms. The molecule has 0 radical (unpaired) electrons. The van der Waals surface area contributed by atoms with Crippen LogP contribution in [0, 0.1) is 41.4 Å². The van der Waals surface area contributed by atoms with Gasteiger partial charge in [0, 0.05) is 0 Å². The fourth-order valence-electron chi connectivity index (χ4n) is 3.82. The van der Waals surface area contributed by atoms with Crippen molar-refractivity contribution in [2.24, 2.45) is 41.4 Å². The summed E-state index contributed by atoms with van der Waals surface area (Å²) in [6.07, 6.45) is 19.8. The van der Waals surface area contributed by atoms with Gasteiger partial charge < -0.3 is 0 Å². The molecule has 7 saturated heterocycles. The van der Waals surface area contributed by atoms with Gasteiger partial charge in [0.25, 0.3) is 0 Å². The summed E-state index contributed by atoms with van der Waals surface area (Å²) >= 11 is 9.63. The quantitative estimate of drug-likeness (QED) is 0.212. The summed E-state index contributed by atoms with van der Waals surface area (Å²) in [6.45, 7) is 45.5. The van der Waals surface area contributed by atoms with Crippen LogP contribution < -0.4 is 0 Å². The summed E-state index contributed by atoms with van der Waals surface area (Å²) in [5.74, 6) is 5.83. The average Bonchev–Trinajstić information content (AvgIpc) is 4.12. The molecule has 7 heterocycles. The van der Waals surface area contributed by atoms with Crippen LogP contribution in [0.3, 0.4) is 0 Å². The van der Waals surface area contributed by atoms with Crippen molar-refractivity contribution in [2.45, 2.75) is 318 Å². The topological polar surface area (TPSA) is 0 Å². The van der Waals surface area contributed by atoms with Gasteiger partial charge in [-0.3, -0.25) is 0 Å².